The van der Waals surface area contributed by atoms with Crippen LogP contribution in [0.2, 0.25) is 0 Å². The van der Waals surface area contributed by atoms with E-state index in [4.69, 9.17) is 4.74 Å². The Labute approximate surface area is 103 Å². The van der Waals surface area contributed by atoms with Crippen molar-refractivity contribution in [2.75, 3.05) is 26.7 Å². The van der Waals surface area contributed by atoms with Gasteiger partial charge in [-0.1, -0.05) is 6.92 Å². The molecule has 0 aromatic rings. The topological polar surface area (TPSA) is 58.6 Å². The molecular formula is C12H24N2O3. The summed E-state index contributed by atoms with van der Waals surface area (Å²) in [7, 11) is 1.56. The van der Waals surface area contributed by atoms with Crippen LogP contribution in [-0.4, -0.2) is 49.1 Å². The van der Waals surface area contributed by atoms with Crippen molar-refractivity contribution >= 4 is 11.8 Å². The highest BCUT2D eigenvalue weighted by molar-refractivity contribution is 5.85. The maximum atomic E-state index is 11.9. The minimum Gasteiger partial charge on any atom is -0.366 e. The predicted molar refractivity (Wildman–Crippen MR) is 66.6 cm³/mol. The first-order valence-corrected chi connectivity index (χ1v) is 5.92. The second-order valence-electron chi connectivity index (χ2n) is 4.89. The normalized spacial score (nSPS) is 11.1. The van der Waals surface area contributed by atoms with Gasteiger partial charge in [0.1, 0.15) is 6.61 Å². The van der Waals surface area contributed by atoms with Crippen molar-refractivity contribution in [1.29, 1.82) is 0 Å². The molecule has 0 heterocycles. The zero-order chi connectivity index (χ0) is 13.5. The zero-order valence-corrected chi connectivity index (χ0v) is 11.5. The van der Waals surface area contributed by atoms with Crippen molar-refractivity contribution in [3.8, 4) is 0 Å². The Morgan fingerprint density at radius 2 is 1.88 bits per heavy atom. The molecule has 0 rings (SSSR count). The van der Waals surface area contributed by atoms with Crippen LogP contribution in [0.4, 0.5) is 0 Å². The maximum absolute atomic E-state index is 11.9. The number of ether oxygens (including phenoxy) is 1. The minimum atomic E-state index is -0.347. The monoisotopic (exact) mass is 244 g/mol. The van der Waals surface area contributed by atoms with Gasteiger partial charge in [-0.15, -0.1) is 0 Å². The minimum absolute atomic E-state index is 0.0144. The third kappa shape index (κ3) is 7.74. The largest absolute Gasteiger partial charge is 0.366 e. The SMILES string of the molecule is CCCN(CC(=O)NC)C(=O)COC(C)(C)C. The van der Waals surface area contributed by atoms with E-state index in [9.17, 15) is 9.59 Å². The second kappa shape index (κ2) is 7.27. The van der Waals surface area contributed by atoms with E-state index < -0.39 is 0 Å². The molecule has 0 bridgehead atoms. The summed E-state index contributed by atoms with van der Waals surface area (Å²) in [4.78, 5) is 24.6. The van der Waals surface area contributed by atoms with E-state index >= 15 is 0 Å². The lowest BCUT2D eigenvalue weighted by molar-refractivity contribution is -0.143. The van der Waals surface area contributed by atoms with Crippen molar-refractivity contribution in [3.05, 3.63) is 0 Å². The van der Waals surface area contributed by atoms with Gasteiger partial charge in [0.15, 0.2) is 0 Å². The van der Waals surface area contributed by atoms with Gasteiger partial charge < -0.3 is 15.0 Å². The van der Waals surface area contributed by atoms with E-state index in [2.05, 4.69) is 5.32 Å². The van der Waals surface area contributed by atoms with Crippen molar-refractivity contribution < 1.29 is 14.3 Å². The lowest BCUT2D eigenvalue weighted by Gasteiger charge is -2.24. The number of hydrogen-bond donors (Lipinski definition) is 1. The molecule has 5 nitrogen and oxygen atoms in total. The summed E-state index contributed by atoms with van der Waals surface area (Å²) >= 11 is 0. The molecule has 0 aromatic heterocycles. The van der Waals surface area contributed by atoms with E-state index in [1.807, 2.05) is 27.7 Å². The molecule has 0 atom stereocenters. The van der Waals surface area contributed by atoms with E-state index in [-0.39, 0.29) is 30.6 Å². The summed E-state index contributed by atoms with van der Waals surface area (Å²) in [5.41, 5.74) is -0.347. The van der Waals surface area contributed by atoms with E-state index in [0.29, 0.717) is 6.54 Å². The Morgan fingerprint density at radius 1 is 1.29 bits per heavy atom. The summed E-state index contributed by atoms with van der Waals surface area (Å²) in [6.07, 6.45) is 0.818. The van der Waals surface area contributed by atoms with Crippen LogP contribution in [0.15, 0.2) is 0 Å². The molecular weight excluding hydrogens is 220 g/mol. The van der Waals surface area contributed by atoms with Crippen molar-refractivity contribution in [2.45, 2.75) is 39.7 Å². The molecule has 0 aliphatic carbocycles. The molecule has 2 amide bonds. The van der Waals surface area contributed by atoms with Crippen LogP contribution < -0.4 is 5.32 Å². The van der Waals surface area contributed by atoms with Crippen LogP contribution in [0, 0.1) is 0 Å². The van der Waals surface area contributed by atoms with Gasteiger partial charge in [0.25, 0.3) is 0 Å². The standard InChI is InChI=1S/C12H24N2O3/c1-6-7-14(8-10(15)13-5)11(16)9-17-12(2,3)4/h6-9H2,1-5H3,(H,13,15). The summed E-state index contributed by atoms with van der Waals surface area (Å²) in [5.74, 6) is -0.312. The summed E-state index contributed by atoms with van der Waals surface area (Å²) in [6, 6.07) is 0. The number of carbonyl (C=O) groups is 2. The van der Waals surface area contributed by atoms with Crippen molar-refractivity contribution in [3.63, 3.8) is 0 Å². The van der Waals surface area contributed by atoms with Crippen LogP contribution >= 0.6 is 0 Å². The van der Waals surface area contributed by atoms with Gasteiger partial charge in [-0.05, 0) is 27.2 Å². The molecule has 1 N–H and O–H groups in total. The lowest BCUT2D eigenvalue weighted by Crippen LogP contribution is -2.42. The molecule has 0 spiro atoms. The van der Waals surface area contributed by atoms with Crippen LogP contribution in [0.5, 0.6) is 0 Å². The third-order valence-electron chi connectivity index (χ3n) is 2.09. The number of carbonyl (C=O) groups excluding carboxylic acids is 2. The molecule has 0 saturated carbocycles. The van der Waals surface area contributed by atoms with E-state index in [1.165, 1.54) is 4.90 Å². The van der Waals surface area contributed by atoms with Gasteiger partial charge in [-0.2, -0.15) is 0 Å². The Bertz CT molecular complexity index is 259. The third-order valence-corrected chi connectivity index (χ3v) is 2.09. The second-order valence-corrected chi connectivity index (χ2v) is 4.89. The zero-order valence-electron chi connectivity index (χ0n) is 11.5. The van der Waals surface area contributed by atoms with Gasteiger partial charge in [-0.25, -0.2) is 0 Å². The molecule has 0 fully saturated rings. The van der Waals surface area contributed by atoms with Gasteiger partial charge >= 0.3 is 0 Å². The van der Waals surface area contributed by atoms with E-state index in [0.717, 1.165) is 6.42 Å². The average Bonchev–Trinajstić information content (AvgIpc) is 2.24. The molecule has 0 saturated heterocycles. The molecule has 0 aromatic carbocycles. The van der Waals surface area contributed by atoms with E-state index in [1.54, 1.807) is 7.05 Å². The molecule has 17 heavy (non-hydrogen) atoms. The smallest absolute Gasteiger partial charge is 0.249 e. The Kier molecular flexibility index (Phi) is 6.80. The fraction of sp³-hybridized carbons (Fsp3) is 0.833. The number of likely N-dealkylation sites (N-methyl/N-ethyl adjacent to an activating group) is 1. The Balaban J connectivity index is 4.29. The quantitative estimate of drug-likeness (QED) is 0.751. The first-order chi connectivity index (χ1) is 7.80. The number of hydrogen-bond acceptors (Lipinski definition) is 3. The lowest BCUT2D eigenvalue weighted by atomic mass is 10.2. The summed E-state index contributed by atoms with van der Waals surface area (Å²) in [6.45, 7) is 8.32. The van der Waals surface area contributed by atoms with Crippen molar-refractivity contribution in [1.82, 2.24) is 10.2 Å². The van der Waals surface area contributed by atoms with Crippen LogP contribution in [0.25, 0.3) is 0 Å². The Morgan fingerprint density at radius 3 is 2.29 bits per heavy atom. The number of nitrogens with zero attached hydrogens (tertiary/aromatic N) is 1. The van der Waals surface area contributed by atoms with Crippen LogP contribution in [-0.2, 0) is 14.3 Å². The van der Waals surface area contributed by atoms with Gasteiger partial charge in [0.05, 0.1) is 12.1 Å². The predicted octanol–water partition coefficient (Wildman–Crippen LogP) is 0.786. The first-order valence-electron chi connectivity index (χ1n) is 5.92. The highest BCUT2D eigenvalue weighted by Gasteiger charge is 2.19. The maximum Gasteiger partial charge on any atom is 0.249 e. The molecule has 0 radical (unpaired) electrons. The van der Waals surface area contributed by atoms with Crippen LogP contribution in [0.3, 0.4) is 0 Å². The summed E-state index contributed by atoms with van der Waals surface area (Å²) < 4.78 is 5.41. The first kappa shape index (κ1) is 15.9. The van der Waals surface area contributed by atoms with Crippen molar-refractivity contribution in [2.24, 2.45) is 0 Å². The average molecular weight is 244 g/mol. The number of rotatable bonds is 6. The van der Waals surface area contributed by atoms with Gasteiger partial charge in [-0.3, -0.25) is 9.59 Å². The van der Waals surface area contributed by atoms with Gasteiger partial charge in [0, 0.05) is 13.6 Å². The fourth-order valence-corrected chi connectivity index (χ4v) is 1.18. The number of amides is 2. The molecule has 100 valence electrons. The highest BCUT2D eigenvalue weighted by atomic mass is 16.5. The molecule has 0 unspecified atom stereocenters. The Hall–Kier alpha value is -1.10. The number of nitrogens with one attached hydrogen (secondary N) is 1. The highest BCUT2D eigenvalue weighted by Crippen LogP contribution is 2.07. The van der Waals surface area contributed by atoms with Crippen LogP contribution in [0.1, 0.15) is 34.1 Å². The molecule has 0 aliphatic rings. The van der Waals surface area contributed by atoms with Gasteiger partial charge in [0.2, 0.25) is 11.8 Å². The fourth-order valence-electron chi connectivity index (χ4n) is 1.18. The molecule has 0 aliphatic heterocycles. The molecule has 5 heteroatoms. The summed E-state index contributed by atoms with van der Waals surface area (Å²) in [5, 5.41) is 2.51.